The largest absolute Gasteiger partial charge is 0.390 e. The van der Waals surface area contributed by atoms with Crippen molar-refractivity contribution in [3.63, 3.8) is 0 Å². The van der Waals surface area contributed by atoms with Crippen LogP contribution in [0.15, 0.2) is 0 Å². The maximum absolute atomic E-state index is 10.3. The van der Waals surface area contributed by atoms with Crippen molar-refractivity contribution in [2.24, 2.45) is 17.8 Å². The molecule has 0 bridgehead atoms. The van der Waals surface area contributed by atoms with Gasteiger partial charge in [0, 0.05) is 55.9 Å². The minimum absolute atomic E-state index is 0. The van der Waals surface area contributed by atoms with Gasteiger partial charge in [-0.15, -0.1) is 0 Å². The summed E-state index contributed by atoms with van der Waals surface area (Å²) in [5.74, 6) is 0.193. The van der Waals surface area contributed by atoms with Crippen molar-refractivity contribution in [1.29, 1.82) is 0 Å². The van der Waals surface area contributed by atoms with Crippen molar-refractivity contribution in [3.05, 3.63) is 0 Å². The fraction of sp³-hybridized carbons (Fsp3) is 1.00. The number of aliphatic hydroxyl groups excluding tert-OH is 2. The Morgan fingerprint density at radius 3 is 1.92 bits per heavy atom. The first-order valence-corrected chi connectivity index (χ1v) is 9.14. The average molecular weight is 557 g/mol. The van der Waals surface area contributed by atoms with Gasteiger partial charge in [-0.1, -0.05) is 34.6 Å². The molecule has 6 heteroatoms. The molecule has 0 aromatic carbocycles. The molecular weight excluding hydrogens is 523 g/mol. The topological polar surface area (TPSA) is 68.2 Å². The normalized spacial score (nSPS) is 49.5. The van der Waals surface area contributed by atoms with Crippen LogP contribution in [0.5, 0.6) is 0 Å². The van der Waals surface area contributed by atoms with E-state index in [-0.39, 0.29) is 92.5 Å². The Hall–Kier alpha value is 1.24. The van der Waals surface area contributed by atoms with Gasteiger partial charge in [0.05, 0.1) is 36.6 Å². The molecule has 2 aliphatic rings. The van der Waals surface area contributed by atoms with Gasteiger partial charge in [0.2, 0.25) is 0 Å². The summed E-state index contributed by atoms with van der Waals surface area (Å²) in [6, 6.07) is 0. The minimum Gasteiger partial charge on any atom is -0.390 e. The standard InChI is InChI=1S/C18H34O5.Ac/c1-7-13-16(20)9(3)10(4)18(22-13)23-17-11(5)15(19)12(6)21-14(17)8-2;/h9-20H,7-8H2,1-6H3;/t9-,10?,11-,12+,13?,14?,15?,16-,17-,18+;/m1./s1. The zero-order chi connectivity index (χ0) is 17.3. The molecule has 0 spiro atoms. The first-order chi connectivity index (χ1) is 10.8. The summed E-state index contributed by atoms with van der Waals surface area (Å²) in [6.07, 6.45) is -0.384. The van der Waals surface area contributed by atoms with Gasteiger partial charge in [0.25, 0.3) is 0 Å². The van der Waals surface area contributed by atoms with E-state index in [1.54, 1.807) is 0 Å². The van der Waals surface area contributed by atoms with Crippen molar-refractivity contribution >= 4 is 0 Å². The van der Waals surface area contributed by atoms with Gasteiger partial charge in [-0.25, -0.2) is 0 Å². The van der Waals surface area contributed by atoms with Crippen molar-refractivity contribution in [2.45, 2.75) is 97.3 Å². The van der Waals surface area contributed by atoms with Crippen LogP contribution >= 0.6 is 0 Å². The third kappa shape index (κ3) is 4.74. The van der Waals surface area contributed by atoms with E-state index in [2.05, 4.69) is 13.8 Å². The van der Waals surface area contributed by atoms with Crippen LogP contribution in [0.2, 0.25) is 0 Å². The van der Waals surface area contributed by atoms with Crippen LogP contribution in [0.25, 0.3) is 0 Å². The molecule has 1 radical (unpaired) electrons. The molecular formula is C18H34AcO5. The van der Waals surface area contributed by atoms with Crippen molar-refractivity contribution < 1.29 is 68.5 Å². The number of aliphatic hydroxyl groups is 2. The predicted octanol–water partition coefficient (Wildman–Crippen LogP) is 2.33. The maximum atomic E-state index is 10.3. The van der Waals surface area contributed by atoms with Crippen LogP contribution < -0.4 is 0 Å². The van der Waals surface area contributed by atoms with Gasteiger partial charge in [-0.3, -0.25) is 0 Å². The van der Waals surface area contributed by atoms with Gasteiger partial charge in [0.1, 0.15) is 0 Å². The second-order valence-corrected chi connectivity index (χ2v) is 7.40. The van der Waals surface area contributed by atoms with Gasteiger partial charge < -0.3 is 24.4 Å². The van der Waals surface area contributed by atoms with Crippen LogP contribution in [0, 0.1) is 61.8 Å². The summed E-state index contributed by atoms with van der Waals surface area (Å²) >= 11 is 0. The molecule has 2 heterocycles. The Kier molecular flexibility index (Phi) is 9.67. The summed E-state index contributed by atoms with van der Waals surface area (Å²) in [5, 5.41) is 20.6. The van der Waals surface area contributed by atoms with Crippen molar-refractivity contribution in [3.8, 4) is 0 Å². The van der Waals surface area contributed by atoms with E-state index < -0.39 is 12.2 Å². The Bertz CT molecular complexity index is 378. The minimum atomic E-state index is -0.535. The Labute approximate surface area is 182 Å². The molecule has 0 saturated carbocycles. The molecule has 0 amide bonds. The van der Waals surface area contributed by atoms with Crippen LogP contribution in [0.4, 0.5) is 0 Å². The van der Waals surface area contributed by atoms with E-state index in [4.69, 9.17) is 14.2 Å². The van der Waals surface area contributed by atoms with E-state index in [1.807, 2.05) is 27.7 Å². The summed E-state index contributed by atoms with van der Waals surface area (Å²) in [7, 11) is 0. The van der Waals surface area contributed by atoms with Crippen LogP contribution in [0.3, 0.4) is 0 Å². The molecule has 0 aliphatic carbocycles. The smallest absolute Gasteiger partial charge is 0.161 e. The fourth-order valence-electron chi connectivity index (χ4n) is 3.86. The van der Waals surface area contributed by atoms with Crippen LogP contribution in [-0.2, 0) is 14.2 Å². The molecule has 10 atom stereocenters. The van der Waals surface area contributed by atoms with E-state index in [0.29, 0.717) is 0 Å². The molecule has 139 valence electrons. The molecule has 0 aromatic rings. The van der Waals surface area contributed by atoms with Crippen molar-refractivity contribution in [1.82, 2.24) is 0 Å². The van der Waals surface area contributed by atoms with Gasteiger partial charge >= 0.3 is 0 Å². The molecule has 2 saturated heterocycles. The second kappa shape index (κ2) is 9.97. The summed E-state index contributed by atoms with van der Waals surface area (Å²) in [5.41, 5.74) is 0. The molecule has 2 N–H and O–H groups in total. The Balaban J connectivity index is 0.00000288. The third-order valence-corrected chi connectivity index (χ3v) is 5.88. The summed E-state index contributed by atoms with van der Waals surface area (Å²) in [6.45, 7) is 12.1. The van der Waals surface area contributed by atoms with Gasteiger partial charge in [-0.2, -0.15) is 0 Å². The molecule has 2 rings (SSSR count). The van der Waals surface area contributed by atoms with E-state index >= 15 is 0 Å². The van der Waals surface area contributed by atoms with Crippen LogP contribution in [-0.4, -0.2) is 53.1 Å². The number of hydrogen-bond acceptors (Lipinski definition) is 5. The SMILES string of the molecule is CCC1O[C@@H](O[C@H]2C(CC)O[C@@H](C)C(O)[C@H]2C)C(C)[C@@H](C)[C@H]1O.[Ac]. The molecule has 5 nitrogen and oxygen atoms in total. The van der Waals surface area contributed by atoms with E-state index in [9.17, 15) is 10.2 Å². The fourth-order valence-corrected chi connectivity index (χ4v) is 3.86. The predicted molar refractivity (Wildman–Crippen MR) is 88.0 cm³/mol. The van der Waals surface area contributed by atoms with Gasteiger partial charge in [0.15, 0.2) is 6.29 Å². The quantitative estimate of drug-likeness (QED) is 0.556. The Morgan fingerprint density at radius 1 is 0.792 bits per heavy atom. The Morgan fingerprint density at radius 2 is 1.38 bits per heavy atom. The molecule has 2 aliphatic heterocycles. The average Bonchev–Trinajstić information content (AvgIpc) is 2.55. The van der Waals surface area contributed by atoms with Gasteiger partial charge in [-0.05, 0) is 25.7 Å². The molecule has 24 heavy (non-hydrogen) atoms. The zero-order valence-electron chi connectivity index (χ0n) is 15.9. The molecule has 4 unspecified atom stereocenters. The summed E-state index contributed by atoms with van der Waals surface area (Å²) in [4.78, 5) is 0. The van der Waals surface area contributed by atoms with E-state index in [1.165, 1.54) is 0 Å². The first kappa shape index (κ1) is 23.3. The third-order valence-electron chi connectivity index (χ3n) is 5.88. The molecule has 2 fully saturated rings. The van der Waals surface area contributed by atoms with Crippen molar-refractivity contribution in [2.75, 3.05) is 0 Å². The zero-order valence-corrected chi connectivity index (χ0v) is 20.6. The van der Waals surface area contributed by atoms with Crippen LogP contribution in [0.1, 0.15) is 54.4 Å². The monoisotopic (exact) mass is 557 g/mol. The number of rotatable bonds is 4. The number of hydrogen-bond donors (Lipinski definition) is 2. The van der Waals surface area contributed by atoms with E-state index in [0.717, 1.165) is 12.8 Å². The summed E-state index contributed by atoms with van der Waals surface area (Å²) < 4.78 is 18.3. The maximum Gasteiger partial charge on any atom is 0.161 e. The number of ether oxygens (including phenoxy) is 3. The molecule has 0 aromatic heterocycles. The first-order valence-electron chi connectivity index (χ1n) is 9.14. The second-order valence-electron chi connectivity index (χ2n) is 7.40.